The fourth-order valence-electron chi connectivity index (χ4n) is 0.229. The maximum absolute atomic E-state index is 10.3. The lowest BCUT2D eigenvalue weighted by molar-refractivity contribution is -0.112. The summed E-state index contributed by atoms with van der Waals surface area (Å²) in [5.74, 6) is -0.0340. The number of ketones is 1. The van der Waals surface area contributed by atoms with Crippen LogP contribution < -0.4 is 0 Å². The molecular formula is C6H8OS. The highest BCUT2D eigenvalue weighted by molar-refractivity contribution is 7.85. The first-order valence-electron chi connectivity index (χ1n) is 2.21. The Hall–Kier alpha value is -0.500. The van der Waals surface area contributed by atoms with Crippen LogP contribution in [0.25, 0.3) is 0 Å². The summed E-state index contributed by atoms with van der Waals surface area (Å²) in [4.78, 5) is 10.8. The summed E-state index contributed by atoms with van der Waals surface area (Å²) in [6.45, 7) is 4.87. The van der Waals surface area contributed by atoms with Gasteiger partial charge in [-0.15, -0.1) is 12.6 Å². The quantitative estimate of drug-likeness (QED) is 0.339. The lowest BCUT2D eigenvalue weighted by Gasteiger charge is -1.85. The number of Topliss-reactive ketones (excluding diaryl/α,β-unsaturated/α-hetero) is 1. The molecule has 2 heteroatoms. The Morgan fingerprint density at radius 3 is 2.38 bits per heavy atom. The molecule has 0 amide bonds. The molecule has 0 radical (unpaired) electrons. The third-order valence-electron chi connectivity index (χ3n) is 0.636. The monoisotopic (exact) mass is 128 g/mol. The Labute approximate surface area is 54.5 Å². The van der Waals surface area contributed by atoms with Crippen molar-refractivity contribution in [1.29, 1.82) is 0 Å². The van der Waals surface area contributed by atoms with Crippen LogP contribution in [-0.2, 0) is 4.79 Å². The summed E-state index contributed by atoms with van der Waals surface area (Å²) in [6.07, 6.45) is 3.09. The topological polar surface area (TPSA) is 17.1 Å². The minimum atomic E-state index is -0.0340. The van der Waals surface area contributed by atoms with Gasteiger partial charge in [-0.1, -0.05) is 12.7 Å². The first-order chi connectivity index (χ1) is 3.68. The van der Waals surface area contributed by atoms with E-state index in [-0.39, 0.29) is 5.78 Å². The number of thiol groups is 1. The molecule has 0 spiro atoms. The van der Waals surface area contributed by atoms with Crippen LogP contribution in [0.3, 0.4) is 0 Å². The zero-order valence-corrected chi connectivity index (χ0v) is 5.61. The standard InChI is InChI=1S/C6H8OS/c1-3-4-6(8)5(2)7/h3-4,8H,1H2,2H3/b6-4-. The third-order valence-corrected chi connectivity index (χ3v) is 1.10. The molecule has 44 valence electrons. The summed E-state index contributed by atoms with van der Waals surface area (Å²) in [5, 5.41) is 0. The molecule has 0 rings (SSSR count). The highest BCUT2D eigenvalue weighted by Crippen LogP contribution is 1.99. The highest BCUT2D eigenvalue weighted by atomic mass is 32.1. The molecule has 8 heavy (non-hydrogen) atoms. The second kappa shape index (κ2) is 3.50. The van der Waals surface area contributed by atoms with Gasteiger partial charge in [-0.05, 0) is 13.0 Å². The SMILES string of the molecule is C=C/C=C(\S)C(C)=O. The van der Waals surface area contributed by atoms with Gasteiger partial charge in [-0.25, -0.2) is 0 Å². The average molecular weight is 128 g/mol. The Kier molecular flexibility index (Phi) is 3.28. The van der Waals surface area contributed by atoms with Crippen molar-refractivity contribution >= 4 is 18.4 Å². The average Bonchev–Trinajstić information content (AvgIpc) is 1.67. The van der Waals surface area contributed by atoms with Gasteiger partial charge in [0.25, 0.3) is 0 Å². The van der Waals surface area contributed by atoms with Gasteiger partial charge in [0, 0.05) is 4.91 Å². The first-order valence-corrected chi connectivity index (χ1v) is 2.66. The van der Waals surface area contributed by atoms with E-state index in [1.165, 1.54) is 13.0 Å². The molecule has 0 aliphatic rings. The molecule has 0 fully saturated rings. The summed E-state index contributed by atoms with van der Waals surface area (Å²) in [7, 11) is 0. The molecule has 0 saturated heterocycles. The third kappa shape index (κ3) is 2.64. The summed E-state index contributed by atoms with van der Waals surface area (Å²) < 4.78 is 0. The summed E-state index contributed by atoms with van der Waals surface area (Å²) >= 11 is 3.85. The molecule has 0 heterocycles. The molecule has 0 bridgehead atoms. The molecule has 0 atom stereocenters. The van der Waals surface area contributed by atoms with Gasteiger partial charge in [-0.3, -0.25) is 4.79 Å². The molecule has 0 saturated carbocycles. The van der Waals surface area contributed by atoms with Crippen molar-refractivity contribution in [3.8, 4) is 0 Å². The van der Waals surface area contributed by atoms with Crippen molar-refractivity contribution in [3.05, 3.63) is 23.6 Å². The maximum Gasteiger partial charge on any atom is 0.165 e. The van der Waals surface area contributed by atoms with Crippen LogP contribution in [-0.4, -0.2) is 5.78 Å². The van der Waals surface area contributed by atoms with Gasteiger partial charge in [0.1, 0.15) is 0 Å². The second-order valence-electron chi connectivity index (χ2n) is 1.34. The molecule has 1 nitrogen and oxygen atoms in total. The van der Waals surface area contributed by atoms with Crippen molar-refractivity contribution in [2.24, 2.45) is 0 Å². The maximum atomic E-state index is 10.3. The summed E-state index contributed by atoms with van der Waals surface area (Å²) in [6, 6.07) is 0. The van der Waals surface area contributed by atoms with Crippen molar-refractivity contribution in [1.82, 2.24) is 0 Å². The molecule has 0 aliphatic heterocycles. The van der Waals surface area contributed by atoms with Crippen LogP contribution in [0.4, 0.5) is 0 Å². The molecule has 0 aromatic rings. The smallest absolute Gasteiger partial charge is 0.165 e. The lowest BCUT2D eigenvalue weighted by Crippen LogP contribution is -1.86. The van der Waals surface area contributed by atoms with Crippen LogP contribution in [0, 0.1) is 0 Å². The molecule has 0 aliphatic carbocycles. The predicted octanol–water partition coefficient (Wildman–Crippen LogP) is 1.58. The van der Waals surface area contributed by atoms with Crippen LogP contribution >= 0.6 is 12.6 Å². The normalized spacial score (nSPS) is 11.0. The van der Waals surface area contributed by atoms with Gasteiger partial charge in [-0.2, -0.15) is 0 Å². The van der Waals surface area contributed by atoms with E-state index in [1.807, 2.05) is 0 Å². The van der Waals surface area contributed by atoms with Crippen molar-refractivity contribution in [3.63, 3.8) is 0 Å². The number of allylic oxidation sites excluding steroid dienone is 3. The van der Waals surface area contributed by atoms with Gasteiger partial charge in [0.05, 0.1) is 0 Å². The zero-order valence-electron chi connectivity index (χ0n) is 4.72. The van der Waals surface area contributed by atoms with Crippen molar-refractivity contribution in [2.45, 2.75) is 6.92 Å². The van der Waals surface area contributed by atoms with E-state index in [0.29, 0.717) is 4.91 Å². The van der Waals surface area contributed by atoms with Crippen LogP contribution in [0.2, 0.25) is 0 Å². The van der Waals surface area contributed by atoms with E-state index >= 15 is 0 Å². The lowest BCUT2D eigenvalue weighted by atomic mass is 10.4. The molecular weight excluding hydrogens is 120 g/mol. The minimum Gasteiger partial charge on any atom is -0.294 e. The van der Waals surface area contributed by atoms with Gasteiger partial charge in [0.2, 0.25) is 0 Å². The fraction of sp³-hybridized carbons (Fsp3) is 0.167. The van der Waals surface area contributed by atoms with E-state index in [1.54, 1.807) is 6.08 Å². The zero-order chi connectivity index (χ0) is 6.57. The molecule has 0 N–H and O–H groups in total. The van der Waals surface area contributed by atoms with E-state index in [9.17, 15) is 4.79 Å². The highest BCUT2D eigenvalue weighted by Gasteiger charge is 1.91. The van der Waals surface area contributed by atoms with Gasteiger partial charge < -0.3 is 0 Å². The van der Waals surface area contributed by atoms with E-state index in [4.69, 9.17) is 0 Å². The number of hydrogen-bond donors (Lipinski definition) is 1. The molecule has 0 aromatic heterocycles. The van der Waals surface area contributed by atoms with Gasteiger partial charge >= 0.3 is 0 Å². The minimum absolute atomic E-state index is 0.0340. The summed E-state index contributed by atoms with van der Waals surface area (Å²) in [5.41, 5.74) is 0. The Balaban J connectivity index is 3.99. The van der Waals surface area contributed by atoms with Gasteiger partial charge in [0.15, 0.2) is 5.78 Å². The second-order valence-corrected chi connectivity index (χ2v) is 1.83. The van der Waals surface area contributed by atoms with Crippen molar-refractivity contribution < 1.29 is 4.79 Å². The van der Waals surface area contributed by atoms with Crippen LogP contribution in [0.1, 0.15) is 6.92 Å². The number of carbonyl (C=O) groups is 1. The Morgan fingerprint density at radius 1 is 1.75 bits per heavy atom. The first kappa shape index (κ1) is 7.50. The number of carbonyl (C=O) groups excluding carboxylic acids is 1. The van der Waals surface area contributed by atoms with E-state index < -0.39 is 0 Å². The van der Waals surface area contributed by atoms with Crippen molar-refractivity contribution in [2.75, 3.05) is 0 Å². The Morgan fingerprint density at radius 2 is 2.25 bits per heavy atom. The largest absolute Gasteiger partial charge is 0.294 e. The molecule has 0 unspecified atom stereocenters. The molecule has 0 aromatic carbocycles. The van der Waals surface area contributed by atoms with E-state index in [0.717, 1.165) is 0 Å². The predicted molar refractivity (Wildman–Crippen MR) is 37.9 cm³/mol. The van der Waals surface area contributed by atoms with Crippen LogP contribution in [0.5, 0.6) is 0 Å². The number of rotatable bonds is 2. The number of hydrogen-bond acceptors (Lipinski definition) is 2. The van der Waals surface area contributed by atoms with Crippen LogP contribution in [0.15, 0.2) is 23.6 Å². The fourth-order valence-corrected chi connectivity index (χ4v) is 0.334. The van der Waals surface area contributed by atoms with E-state index in [2.05, 4.69) is 19.2 Å². The Bertz CT molecular complexity index is 135.